The molecule has 0 aromatic carbocycles. The van der Waals surface area contributed by atoms with E-state index in [9.17, 15) is 9.59 Å². The van der Waals surface area contributed by atoms with Crippen LogP contribution in [0.4, 0.5) is 5.13 Å². The van der Waals surface area contributed by atoms with Crippen molar-refractivity contribution in [3.8, 4) is 0 Å². The largest absolute Gasteiger partial charge is 0.343 e. The van der Waals surface area contributed by atoms with Crippen molar-refractivity contribution in [3.63, 3.8) is 0 Å². The molecule has 22 heavy (non-hydrogen) atoms. The van der Waals surface area contributed by atoms with Gasteiger partial charge in [-0.25, -0.2) is 4.98 Å². The van der Waals surface area contributed by atoms with Gasteiger partial charge >= 0.3 is 0 Å². The predicted molar refractivity (Wildman–Crippen MR) is 86.0 cm³/mol. The van der Waals surface area contributed by atoms with Crippen molar-refractivity contribution < 1.29 is 9.59 Å². The van der Waals surface area contributed by atoms with E-state index in [-0.39, 0.29) is 5.91 Å². The summed E-state index contributed by atoms with van der Waals surface area (Å²) in [6.07, 6.45) is 4.16. The summed E-state index contributed by atoms with van der Waals surface area (Å²) in [5.41, 5.74) is 1.16. The van der Waals surface area contributed by atoms with Gasteiger partial charge in [0.25, 0.3) is 0 Å². The Hall–Kier alpha value is -1.47. The van der Waals surface area contributed by atoms with Gasteiger partial charge in [0, 0.05) is 31.1 Å². The summed E-state index contributed by atoms with van der Waals surface area (Å²) >= 11 is 1.62. The van der Waals surface area contributed by atoms with Crippen molar-refractivity contribution in [2.24, 2.45) is 5.92 Å². The highest BCUT2D eigenvalue weighted by Crippen LogP contribution is 2.32. The van der Waals surface area contributed by atoms with Gasteiger partial charge in [0.1, 0.15) is 0 Å². The van der Waals surface area contributed by atoms with Gasteiger partial charge in [-0.3, -0.25) is 14.5 Å². The number of amides is 2. The maximum absolute atomic E-state index is 12.1. The van der Waals surface area contributed by atoms with Crippen molar-refractivity contribution in [1.29, 1.82) is 0 Å². The lowest BCUT2D eigenvalue weighted by molar-refractivity contribution is -0.120. The summed E-state index contributed by atoms with van der Waals surface area (Å²) in [4.78, 5) is 32.5. The van der Waals surface area contributed by atoms with Crippen molar-refractivity contribution in [2.75, 3.05) is 38.0 Å². The molecule has 1 saturated heterocycles. The van der Waals surface area contributed by atoms with Crippen molar-refractivity contribution in [2.45, 2.75) is 26.2 Å². The predicted octanol–water partition coefficient (Wildman–Crippen LogP) is 0.980. The van der Waals surface area contributed by atoms with Crippen LogP contribution in [0.15, 0.2) is 0 Å². The lowest BCUT2D eigenvalue weighted by Crippen LogP contribution is -2.48. The average Bonchev–Trinajstić information content (AvgIpc) is 2.89. The molecule has 6 nitrogen and oxygen atoms in total. The zero-order chi connectivity index (χ0) is 15.5. The summed E-state index contributed by atoms with van der Waals surface area (Å²) in [5, 5.41) is 3.66. The summed E-state index contributed by atoms with van der Waals surface area (Å²) in [5.74, 6) is 0.698. The summed E-state index contributed by atoms with van der Waals surface area (Å²) < 4.78 is 0. The Morgan fingerprint density at radius 3 is 2.91 bits per heavy atom. The minimum atomic E-state index is -0.0151. The summed E-state index contributed by atoms with van der Waals surface area (Å²) in [7, 11) is 0. The van der Waals surface area contributed by atoms with Crippen LogP contribution in [0.2, 0.25) is 0 Å². The molecule has 7 heteroatoms. The summed E-state index contributed by atoms with van der Waals surface area (Å²) in [6.45, 7) is 5.52. The topological polar surface area (TPSA) is 65.5 Å². The van der Waals surface area contributed by atoms with Crippen molar-refractivity contribution in [1.82, 2.24) is 14.8 Å². The number of carbonyl (C=O) groups excluding carboxylic acids is 2. The van der Waals surface area contributed by atoms with Gasteiger partial charge in [0.05, 0.1) is 12.2 Å². The number of fused-ring (bicyclic) bond motifs is 1. The molecule has 120 valence electrons. The molecular formula is C15H22N4O2S. The number of aromatic nitrogens is 1. The number of aryl methyl sites for hydroxylation is 1. The maximum atomic E-state index is 12.1. The first-order valence-electron chi connectivity index (χ1n) is 7.84. The quantitative estimate of drug-likeness (QED) is 0.839. The Labute approximate surface area is 134 Å². The Morgan fingerprint density at radius 1 is 1.41 bits per heavy atom. The number of rotatable bonds is 4. The molecule has 0 saturated carbocycles. The number of nitrogens with one attached hydrogen (secondary N) is 1. The van der Waals surface area contributed by atoms with E-state index in [1.165, 1.54) is 11.3 Å². The van der Waals surface area contributed by atoms with E-state index >= 15 is 0 Å². The van der Waals surface area contributed by atoms with E-state index in [0.717, 1.165) is 43.2 Å². The highest BCUT2D eigenvalue weighted by Gasteiger charge is 2.22. The molecule has 1 aliphatic heterocycles. The fourth-order valence-electron chi connectivity index (χ4n) is 2.98. The molecule has 1 aliphatic carbocycles. The van der Waals surface area contributed by atoms with Crippen molar-refractivity contribution >= 4 is 28.8 Å². The van der Waals surface area contributed by atoms with Crippen LogP contribution in [0.1, 0.15) is 23.9 Å². The van der Waals surface area contributed by atoms with Crippen LogP contribution in [0.3, 0.4) is 0 Å². The Balaban J connectivity index is 1.51. The van der Waals surface area contributed by atoms with Gasteiger partial charge in [0.15, 0.2) is 5.13 Å². The third-order valence-corrected chi connectivity index (χ3v) is 5.39. The van der Waals surface area contributed by atoms with Crippen LogP contribution in [-0.4, -0.2) is 59.8 Å². The molecule has 1 aromatic heterocycles. The molecule has 3 rings (SSSR count). The van der Waals surface area contributed by atoms with E-state index in [2.05, 4.69) is 22.1 Å². The molecule has 1 aromatic rings. The van der Waals surface area contributed by atoms with Crippen LogP contribution in [0, 0.1) is 5.92 Å². The fourth-order valence-corrected chi connectivity index (χ4v) is 4.17. The minimum Gasteiger partial charge on any atom is -0.343 e. The average molecular weight is 322 g/mol. The van der Waals surface area contributed by atoms with Crippen LogP contribution in [0.5, 0.6) is 0 Å². The molecule has 0 radical (unpaired) electrons. The van der Waals surface area contributed by atoms with Gasteiger partial charge in [0.2, 0.25) is 12.3 Å². The molecule has 1 unspecified atom stereocenters. The zero-order valence-electron chi connectivity index (χ0n) is 12.9. The normalized spacial score (nSPS) is 22.2. The number of hydrogen-bond donors (Lipinski definition) is 1. The maximum Gasteiger partial charge on any atom is 0.240 e. The molecule has 1 fully saturated rings. The monoisotopic (exact) mass is 322 g/mol. The van der Waals surface area contributed by atoms with E-state index in [1.807, 2.05) is 0 Å². The number of piperazine rings is 1. The first-order valence-corrected chi connectivity index (χ1v) is 8.66. The smallest absolute Gasteiger partial charge is 0.240 e. The van der Waals surface area contributed by atoms with Crippen LogP contribution >= 0.6 is 11.3 Å². The lowest BCUT2D eigenvalue weighted by atomic mass is 9.93. The Kier molecular flexibility index (Phi) is 4.73. The third-order valence-electron chi connectivity index (χ3n) is 4.36. The van der Waals surface area contributed by atoms with Crippen LogP contribution < -0.4 is 5.32 Å². The molecule has 0 bridgehead atoms. The molecule has 1 N–H and O–H groups in total. The van der Waals surface area contributed by atoms with Crippen LogP contribution in [-0.2, 0) is 22.4 Å². The second kappa shape index (κ2) is 6.75. The van der Waals surface area contributed by atoms with Crippen molar-refractivity contribution in [3.05, 3.63) is 10.6 Å². The number of carbonyl (C=O) groups is 2. The Bertz CT molecular complexity index is 552. The van der Waals surface area contributed by atoms with Gasteiger partial charge in [-0.1, -0.05) is 6.92 Å². The number of nitrogens with zero attached hydrogens (tertiary/aromatic N) is 3. The van der Waals surface area contributed by atoms with E-state index < -0.39 is 0 Å². The van der Waals surface area contributed by atoms with Crippen LogP contribution in [0.25, 0.3) is 0 Å². The molecular weight excluding hydrogens is 300 g/mol. The first kappa shape index (κ1) is 15.4. The number of thiazole rings is 1. The second-order valence-corrected chi connectivity index (χ2v) is 7.29. The van der Waals surface area contributed by atoms with Gasteiger partial charge in [-0.2, -0.15) is 0 Å². The molecule has 0 spiro atoms. The SMILES string of the molecule is CC1CCc2nc(NC(=O)CN3CCN(C=O)CC3)sc2C1. The van der Waals surface area contributed by atoms with E-state index in [4.69, 9.17) is 0 Å². The molecule has 2 aliphatic rings. The highest BCUT2D eigenvalue weighted by molar-refractivity contribution is 7.15. The standard InChI is InChI=1S/C15H22N4O2S/c1-11-2-3-12-13(8-11)22-15(16-12)17-14(21)9-18-4-6-19(10-20)7-5-18/h10-11H,2-9H2,1H3,(H,16,17,21). The highest BCUT2D eigenvalue weighted by atomic mass is 32.1. The fraction of sp³-hybridized carbons (Fsp3) is 0.667. The van der Waals surface area contributed by atoms with E-state index in [0.29, 0.717) is 25.6 Å². The zero-order valence-corrected chi connectivity index (χ0v) is 13.7. The van der Waals surface area contributed by atoms with Gasteiger partial charge < -0.3 is 10.2 Å². The molecule has 2 heterocycles. The van der Waals surface area contributed by atoms with Gasteiger partial charge in [-0.05, 0) is 25.2 Å². The number of anilines is 1. The van der Waals surface area contributed by atoms with E-state index in [1.54, 1.807) is 16.2 Å². The summed E-state index contributed by atoms with van der Waals surface area (Å²) in [6, 6.07) is 0. The van der Waals surface area contributed by atoms with Gasteiger partial charge in [-0.15, -0.1) is 11.3 Å². The third kappa shape index (κ3) is 3.64. The minimum absolute atomic E-state index is 0.0151. The number of hydrogen-bond acceptors (Lipinski definition) is 5. The second-order valence-electron chi connectivity index (χ2n) is 6.20. The Morgan fingerprint density at radius 2 is 2.18 bits per heavy atom. The first-order chi connectivity index (χ1) is 10.6. The lowest BCUT2D eigenvalue weighted by Gasteiger charge is -2.31. The molecule has 1 atom stereocenters. The molecule has 2 amide bonds.